The second kappa shape index (κ2) is 7.83. The number of morpholine rings is 1. The van der Waals surface area contributed by atoms with Crippen molar-refractivity contribution in [3.8, 4) is 11.5 Å². The van der Waals surface area contributed by atoms with Gasteiger partial charge in [-0.15, -0.1) is 0 Å². The number of aromatic nitrogens is 4. The molecule has 1 N–H and O–H groups in total. The van der Waals surface area contributed by atoms with E-state index in [4.69, 9.17) is 14.6 Å². The molecule has 5 rings (SSSR count). The Morgan fingerprint density at radius 3 is 2.56 bits per heavy atom. The number of benzene rings is 1. The Morgan fingerprint density at radius 2 is 1.94 bits per heavy atom. The molecule has 4 heterocycles. The predicted molar refractivity (Wildman–Crippen MR) is 122 cm³/mol. The first-order valence-electron chi connectivity index (χ1n) is 11.3. The van der Waals surface area contributed by atoms with Gasteiger partial charge in [0.15, 0.2) is 0 Å². The van der Waals surface area contributed by atoms with Crippen LogP contribution >= 0.6 is 0 Å². The lowest BCUT2D eigenvalue weighted by molar-refractivity contribution is -0.0675. The third-order valence-corrected chi connectivity index (χ3v) is 6.20. The Hall–Kier alpha value is -3.40. The summed E-state index contributed by atoms with van der Waals surface area (Å²) in [6, 6.07) is 2.69. The van der Waals surface area contributed by atoms with Crippen LogP contribution in [0.5, 0.6) is 0 Å². The van der Waals surface area contributed by atoms with Gasteiger partial charge in [0.05, 0.1) is 36.7 Å². The molecule has 0 spiro atoms. The van der Waals surface area contributed by atoms with Crippen molar-refractivity contribution in [2.24, 2.45) is 0 Å². The zero-order chi connectivity index (χ0) is 24.4. The van der Waals surface area contributed by atoms with E-state index in [2.05, 4.69) is 4.98 Å². The number of fused-ring (bicyclic) bond motifs is 4. The van der Waals surface area contributed by atoms with Crippen LogP contribution in [0.2, 0.25) is 0 Å². The fraction of sp³-hybridized carbons (Fsp3) is 0.458. The second-order valence-electron chi connectivity index (χ2n) is 9.92. The highest BCUT2D eigenvalue weighted by atomic mass is 19.1. The van der Waals surface area contributed by atoms with Gasteiger partial charge in [-0.25, -0.2) is 18.7 Å². The van der Waals surface area contributed by atoms with Crippen molar-refractivity contribution in [1.29, 1.82) is 0 Å². The number of carbonyl (C=O) groups is 1. The van der Waals surface area contributed by atoms with E-state index in [1.165, 1.54) is 4.57 Å². The van der Waals surface area contributed by atoms with E-state index < -0.39 is 17.7 Å². The number of rotatable bonds is 2. The number of halogens is 1. The number of aromatic amines is 1. The lowest BCUT2D eigenvalue weighted by Gasteiger charge is -2.45. The van der Waals surface area contributed by atoms with Crippen LogP contribution in [0.4, 0.5) is 9.18 Å². The molecule has 34 heavy (non-hydrogen) atoms. The molecule has 1 amide bonds. The molecule has 0 saturated carbocycles. The Bertz CT molecular complexity index is 1310. The zero-order valence-electron chi connectivity index (χ0n) is 19.9. The van der Waals surface area contributed by atoms with Gasteiger partial charge in [0.25, 0.3) is 0 Å². The molecule has 10 heteroatoms. The standard InChI is InChI=1S/C24H28FN5O4/c1-13-8-15(9-14(2)20(13)25)30-21(28-7-6-26-22(28)31)19-17(27-30)10-16-11-33-12-18(19)29(16)23(32)34-24(3,4)5/h6-9,16,18H,10-12H2,1-5H3,(H,26,31). The Morgan fingerprint density at radius 1 is 1.24 bits per heavy atom. The Kier molecular flexibility index (Phi) is 5.16. The van der Waals surface area contributed by atoms with E-state index in [9.17, 15) is 14.0 Å². The summed E-state index contributed by atoms with van der Waals surface area (Å²) in [5.41, 5.74) is 2.10. The zero-order valence-corrected chi connectivity index (χ0v) is 19.9. The lowest BCUT2D eigenvalue weighted by Crippen LogP contribution is -2.55. The molecule has 9 nitrogen and oxygen atoms in total. The van der Waals surface area contributed by atoms with Gasteiger partial charge in [0, 0.05) is 24.4 Å². The number of imidazole rings is 1. The minimum absolute atomic E-state index is 0.239. The van der Waals surface area contributed by atoms with Crippen molar-refractivity contribution in [3.63, 3.8) is 0 Å². The van der Waals surface area contributed by atoms with Crippen LogP contribution in [0.1, 0.15) is 49.2 Å². The molecule has 1 aromatic carbocycles. The van der Waals surface area contributed by atoms with Crippen molar-refractivity contribution in [1.82, 2.24) is 24.2 Å². The maximum atomic E-state index is 14.4. The van der Waals surface area contributed by atoms with Gasteiger partial charge >= 0.3 is 11.8 Å². The van der Waals surface area contributed by atoms with Crippen LogP contribution in [-0.4, -0.2) is 55.2 Å². The Balaban J connectivity index is 1.72. The number of carbonyl (C=O) groups excluding carboxylic acids is 1. The van der Waals surface area contributed by atoms with Crippen molar-refractivity contribution in [3.05, 3.63) is 63.2 Å². The van der Waals surface area contributed by atoms with E-state index in [0.717, 1.165) is 11.3 Å². The molecule has 1 saturated heterocycles. The number of nitrogens with one attached hydrogen (secondary N) is 1. The molecule has 2 aliphatic rings. The molecule has 2 aromatic heterocycles. The highest BCUT2D eigenvalue weighted by Crippen LogP contribution is 2.41. The van der Waals surface area contributed by atoms with Crippen molar-refractivity contribution in [2.75, 3.05) is 13.2 Å². The molecule has 2 unspecified atom stereocenters. The van der Waals surface area contributed by atoms with Gasteiger partial charge in [-0.05, 0) is 57.9 Å². The summed E-state index contributed by atoms with van der Waals surface area (Å²) in [5.74, 6) is 0.218. The molecule has 0 radical (unpaired) electrons. The van der Waals surface area contributed by atoms with E-state index in [-0.39, 0.29) is 24.2 Å². The maximum absolute atomic E-state index is 14.4. The van der Waals surface area contributed by atoms with Gasteiger partial charge in [-0.1, -0.05) is 0 Å². The van der Waals surface area contributed by atoms with Gasteiger partial charge in [0.2, 0.25) is 0 Å². The average Bonchev–Trinajstić information content (AvgIpc) is 3.32. The smallest absolute Gasteiger partial charge is 0.411 e. The molecular weight excluding hydrogens is 441 g/mol. The summed E-state index contributed by atoms with van der Waals surface area (Å²) >= 11 is 0. The fourth-order valence-corrected chi connectivity index (χ4v) is 4.83. The number of ether oxygens (including phenoxy) is 2. The topological polar surface area (TPSA) is 94.4 Å². The summed E-state index contributed by atoms with van der Waals surface area (Å²) in [7, 11) is 0. The van der Waals surface area contributed by atoms with Crippen LogP contribution in [0.25, 0.3) is 11.5 Å². The first-order valence-corrected chi connectivity index (χ1v) is 11.3. The quantitative estimate of drug-likeness (QED) is 0.621. The molecule has 2 aliphatic heterocycles. The molecule has 3 aromatic rings. The lowest BCUT2D eigenvalue weighted by atomic mass is 9.92. The van der Waals surface area contributed by atoms with E-state index in [1.54, 1.807) is 48.0 Å². The maximum Gasteiger partial charge on any atom is 0.411 e. The molecule has 2 bridgehead atoms. The van der Waals surface area contributed by atoms with E-state index in [1.807, 2.05) is 20.8 Å². The number of amides is 1. The third-order valence-electron chi connectivity index (χ3n) is 6.20. The predicted octanol–water partition coefficient (Wildman–Crippen LogP) is 3.34. The van der Waals surface area contributed by atoms with Gasteiger partial charge < -0.3 is 14.5 Å². The van der Waals surface area contributed by atoms with Gasteiger partial charge in [-0.2, -0.15) is 5.10 Å². The fourth-order valence-electron chi connectivity index (χ4n) is 4.83. The summed E-state index contributed by atoms with van der Waals surface area (Å²) < 4.78 is 29.0. The number of hydrogen-bond acceptors (Lipinski definition) is 5. The highest BCUT2D eigenvalue weighted by Gasteiger charge is 2.46. The van der Waals surface area contributed by atoms with Crippen LogP contribution in [0.15, 0.2) is 29.3 Å². The minimum Gasteiger partial charge on any atom is -0.444 e. The van der Waals surface area contributed by atoms with Crippen LogP contribution in [-0.2, 0) is 15.9 Å². The van der Waals surface area contributed by atoms with Crippen LogP contribution in [0.3, 0.4) is 0 Å². The van der Waals surface area contributed by atoms with Crippen molar-refractivity contribution >= 4 is 6.09 Å². The first kappa shape index (κ1) is 22.4. The van der Waals surface area contributed by atoms with Gasteiger partial charge in [0.1, 0.15) is 17.2 Å². The molecule has 0 aliphatic carbocycles. The second-order valence-corrected chi connectivity index (χ2v) is 9.92. The normalized spacial score (nSPS) is 19.8. The summed E-state index contributed by atoms with van der Waals surface area (Å²) in [4.78, 5) is 30.3. The SMILES string of the molecule is Cc1cc(-n2nc3c(c2-n2cc[nH]c2=O)C2COCC(C3)N2C(=O)OC(C)(C)C)cc(C)c1F. The van der Waals surface area contributed by atoms with Crippen molar-refractivity contribution < 1.29 is 18.7 Å². The summed E-state index contributed by atoms with van der Waals surface area (Å²) in [6.45, 7) is 9.50. The minimum atomic E-state index is -0.653. The highest BCUT2D eigenvalue weighted by molar-refractivity contribution is 5.71. The number of aryl methyl sites for hydroxylation is 2. The van der Waals surface area contributed by atoms with Gasteiger partial charge in [-0.3, -0.25) is 9.47 Å². The monoisotopic (exact) mass is 469 g/mol. The number of hydrogen-bond donors (Lipinski definition) is 1. The molecule has 180 valence electrons. The van der Waals surface area contributed by atoms with E-state index in [0.29, 0.717) is 35.7 Å². The Labute approximate surface area is 196 Å². The molecular formula is C24H28FN5O4. The molecule has 1 fully saturated rings. The summed E-state index contributed by atoms with van der Waals surface area (Å²) in [5, 5.41) is 4.87. The average molecular weight is 470 g/mol. The first-order chi connectivity index (χ1) is 16.0. The van der Waals surface area contributed by atoms with Crippen LogP contribution in [0, 0.1) is 19.7 Å². The van der Waals surface area contributed by atoms with Crippen molar-refractivity contribution in [2.45, 2.75) is 58.7 Å². The van der Waals surface area contributed by atoms with E-state index >= 15 is 0 Å². The number of nitrogens with zero attached hydrogens (tertiary/aromatic N) is 4. The molecule has 2 atom stereocenters. The number of H-pyrrole nitrogens is 1. The van der Waals surface area contributed by atoms with Crippen LogP contribution < -0.4 is 5.69 Å². The summed E-state index contributed by atoms with van der Waals surface area (Å²) in [6.07, 6.45) is 3.18. The largest absolute Gasteiger partial charge is 0.444 e. The third kappa shape index (κ3) is 3.62.